The van der Waals surface area contributed by atoms with Crippen LogP contribution in [0.3, 0.4) is 0 Å². The van der Waals surface area contributed by atoms with Crippen molar-refractivity contribution in [3.05, 3.63) is 0 Å². The molecule has 1 saturated heterocycles. The summed E-state index contributed by atoms with van der Waals surface area (Å²) in [6.07, 6.45) is 0. The lowest BCUT2D eigenvalue weighted by atomic mass is 10.2. The Labute approximate surface area is 117 Å². The Morgan fingerprint density at radius 3 is 2.79 bits per heavy atom. The lowest BCUT2D eigenvalue weighted by Crippen LogP contribution is -2.50. The van der Waals surface area contributed by atoms with Crippen molar-refractivity contribution in [2.45, 2.75) is 32.2 Å². The van der Waals surface area contributed by atoms with Crippen LogP contribution in [0.2, 0.25) is 0 Å². The number of carboxylic acid groups (broad SMARTS) is 1. The lowest BCUT2D eigenvalue weighted by Gasteiger charge is -2.25. The van der Waals surface area contributed by atoms with Crippen molar-refractivity contribution in [2.24, 2.45) is 5.92 Å². The van der Waals surface area contributed by atoms with Crippen molar-refractivity contribution in [3.8, 4) is 0 Å². The van der Waals surface area contributed by atoms with Crippen LogP contribution in [-0.2, 0) is 9.53 Å². The maximum atomic E-state index is 12.0. The van der Waals surface area contributed by atoms with Crippen molar-refractivity contribution < 1.29 is 19.4 Å². The van der Waals surface area contributed by atoms with Crippen LogP contribution in [0.15, 0.2) is 0 Å². The summed E-state index contributed by atoms with van der Waals surface area (Å²) in [7, 11) is 0. The number of nitrogens with one attached hydrogen (secondary N) is 1. The molecule has 1 aliphatic rings. The molecule has 2 atom stereocenters. The van der Waals surface area contributed by atoms with Crippen molar-refractivity contribution >= 4 is 23.8 Å². The molecular formula is C12H22N2O4S. The third-order valence-electron chi connectivity index (χ3n) is 2.72. The molecule has 1 heterocycles. The number of rotatable bonds is 6. The van der Waals surface area contributed by atoms with Gasteiger partial charge in [-0.05, 0) is 12.8 Å². The smallest absolute Gasteiger partial charge is 0.327 e. The van der Waals surface area contributed by atoms with E-state index in [0.29, 0.717) is 31.4 Å². The van der Waals surface area contributed by atoms with Gasteiger partial charge in [0.1, 0.15) is 6.04 Å². The summed E-state index contributed by atoms with van der Waals surface area (Å²) in [5.41, 5.74) is 0. The number of aliphatic carboxylic acids is 1. The minimum Gasteiger partial charge on any atom is -0.480 e. The molecule has 0 spiro atoms. The number of hydrogen-bond acceptors (Lipinski definition) is 4. The Morgan fingerprint density at radius 1 is 1.53 bits per heavy atom. The number of thioether (sulfide) groups is 1. The van der Waals surface area contributed by atoms with Gasteiger partial charge in [-0.1, -0.05) is 13.8 Å². The van der Waals surface area contributed by atoms with Crippen LogP contribution in [0, 0.1) is 5.92 Å². The molecule has 2 N–H and O–H groups in total. The molecule has 19 heavy (non-hydrogen) atoms. The van der Waals surface area contributed by atoms with Crippen LogP contribution in [0.4, 0.5) is 4.79 Å². The van der Waals surface area contributed by atoms with Crippen LogP contribution < -0.4 is 5.32 Å². The molecule has 2 unspecified atom stereocenters. The summed E-state index contributed by atoms with van der Waals surface area (Å²) in [5.74, 6) is -0.0570. The first-order valence-corrected chi connectivity index (χ1v) is 7.46. The molecule has 110 valence electrons. The molecule has 0 aromatic rings. The maximum absolute atomic E-state index is 12.0. The highest BCUT2D eigenvalue weighted by atomic mass is 32.2. The van der Waals surface area contributed by atoms with Gasteiger partial charge < -0.3 is 15.2 Å². The topological polar surface area (TPSA) is 78.9 Å². The summed E-state index contributed by atoms with van der Waals surface area (Å²) in [6, 6.07) is -1.07. The zero-order chi connectivity index (χ0) is 14.4. The van der Waals surface area contributed by atoms with E-state index in [2.05, 4.69) is 19.2 Å². The normalized spacial score (nSPS) is 22.8. The highest BCUT2D eigenvalue weighted by Crippen LogP contribution is 2.28. The second kappa shape index (κ2) is 7.59. The Kier molecular flexibility index (Phi) is 6.44. The summed E-state index contributed by atoms with van der Waals surface area (Å²) in [5, 5.41) is 11.6. The standard InChI is InChI=1S/C12H22N2O4S/c1-8(2)6-18-5-4-13-12(17)14-9(3)19-7-10(14)11(15)16/h8-10H,4-7H2,1-3H3,(H,13,17)(H,15,16). The number of carbonyl (C=O) groups excluding carboxylic acids is 1. The molecule has 6 nitrogen and oxygen atoms in total. The van der Waals surface area contributed by atoms with Crippen molar-refractivity contribution in [2.75, 3.05) is 25.5 Å². The van der Waals surface area contributed by atoms with Crippen molar-refractivity contribution in [3.63, 3.8) is 0 Å². The van der Waals surface area contributed by atoms with E-state index in [-0.39, 0.29) is 11.4 Å². The minimum atomic E-state index is -0.956. The van der Waals surface area contributed by atoms with Gasteiger partial charge >= 0.3 is 12.0 Å². The van der Waals surface area contributed by atoms with Crippen molar-refractivity contribution in [1.82, 2.24) is 10.2 Å². The molecule has 7 heteroatoms. The van der Waals surface area contributed by atoms with Gasteiger partial charge in [0.2, 0.25) is 0 Å². The van der Waals surface area contributed by atoms with E-state index in [9.17, 15) is 9.59 Å². The number of nitrogens with zero attached hydrogens (tertiary/aromatic N) is 1. The molecule has 0 radical (unpaired) electrons. The number of carbonyl (C=O) groups is 2. The fourth-order valence-corrected chi connectivity index (χ4v) is 2.95. The predicted octanol–water partition coefficient (Wildman–Crippen LogP) is 1.22. The van der Waals surface area contributed by atoms with Gasteiger partial charge in [0.15, 0.2) is 0 Å². The van der Waals surface area contributed by atoms with Crippen LogP contribution >= 0.6 is 11.8 Å². The van der Waals surface area contributed by atoms with E-state index in [1.54, 1.807) is 0 Å². The van der Waals surface area contributed by atoms with Gasteiger partial charge in [0.25, 0.3) is 0 Å². The Morgan fingerprint density at radius 2 is 2.21 bits per heavy atom. The molecule has 1 rings (SSSR count). The van der Waals surface area contributed by atoms with Gasteiger partial charge in [-0.3, -0.25) is 4.90 Å². The van der Waals surface area contributed by atoms with E-state index >= 15 is 0 Å². The summed E-state index contributed by atoms with van der Waals surface area (Å²) < 4.78 is 5.35. The maximum Gasteiger partial charge on any atom is 0.327 e. The molecular weight excluding hydrogens is 268 g/mol. The van der Waals surface area contributed by atoms with Crippen molar-refractivity contribution in [1.29, 1.82) is 0 Å². The number of urea groups is 1. The monoisotopic (exact) mass is 290 g/mol. The first kappa shape index (κ1) is 16.1. The minimum absolute atomic E-state index is 0.113. The third kappa shape index (κ3) is 4.91. The number of carboxylic acids is 1. The number of amides is 2. The second-order valence-electron chi connectivity index (χ2n) is 4.89. The highest BCUT2D eigenvalue weighted by molar-refractivity contribution is 8.00. The van der Waals surface area contributed by atoms with E-state index < -0.39 is 12.0 Å². The largest absolute Gasteiger partial charge is 0.480 e. The van der Waals surface area contributed by atoms with Crippen LogP contribution in [0.5, 0.6) is 0 Å². The van der Waals surface area contributed by atoms with E-state index in [4.69, 9.17) is 9.84 Å². The fraction of sp³-hybridized carbons (Fsp3) is 0.833. The lowest BCUT2D eigenvalue weighted by molar-refractivity contribution is -0.141. The molecule has 0 saturated carbocycles. The number of ether oxygens (including phenoxy) is 1. The highest BCUT2D eigenvalue weighted by Gasteiger charge is 2.39. The van der Waals surface area contributed by atoms with Gasteiger partial charge in [-0.15, -0.1) is 11.8 Å². The average molecular weight is 290 g/mol. The van der Waals surface area contributed by atoms with E-state index in [0.717, 1.165) is 0 Å². The number of hydrogen-bond donors (Lipinski definition) is 2. The molecule has 0 aliphatic carbocycles. The molecule has 0 aromatic carbocycles. The quantitative estimate of drug-likeness (QED) is 0.719. The predicted molar refractivity (Wildman–Crippen MR) is 74.2 cm³/mol. The van der Waals surface area contributed by atoms with Crippen LogP contribution in [0.1, 0.15) is 20.8 Å². The SMILES string of the molecule is CC(C)COCCNC(=O)N1C(C)SCC1C(=O)O. The fourth-order valence-electron chi connectivity index (χ4n) is 1.78. The molecule has 2 amide bonds. The average Bonchev–Trinajstić information content (AvgIpc) is 2.70. The molecule has 1 aliphatic heterocycles. The van der Waals surface area contributed by atoms with E-state index in [1.807, 2.05) is 6.92 Å². The van der Waals surface area contributed by atoms with Gasteiger partial charge in [0.05, 0.1) is 12.0 Å². The first-order chi connectivity index (χ1) is 8.93. The Bertz CT molecular complexity index is 325. The summed E-state index contributed by atoms with van der Waals surface area (Å²) in [4.78, 5) is 24.4. The molecule has 0 bridgehead atoms. The summed E-state index contributed by atoms with van der Waals surface area (Å²) in [6.45, 7) is 7.44. The Hall–Kier alpha value is -0.950. The van der Waals surface area contributed by atoms with Gasteiger partial charge in [0, 0.05) is 18.9 Å². The third-order valence-corrected chi connectivity index (χ3v) is 3.93. The summed E-state index contributed by atoms with van der Waals surface area (Å²) >= 11 is 1.47. The molecule has 0 aromatic heterocycles. The zero-order valence-corrected chi connectivity index (χ0v) is 12.4. The van der Waals surface area contributed by atoms with Crippen LogP contribution in [-0.4, -0.2) is 58.9 Å². The van der Waals surface area contributed by atoms with Gasteiger partial charge in [-0.25, -0.2) is 9.59 Å². The molecule has 1 fully saturated rings. The Balaban J connectivity index is 2.33. The van der Waals surface area contributed by atoms with Gasteiger partial charge in [-0.2, -0.15) is 0 Å². The second-order valence-corrected chi connectivity index (χ2v) is 6.24. The first-order valence-electron chi connectivity index (χ1n) is 6.41. The van der Waals surface area contributed by atoms with E-state index in [1.165, 1.54) is 16.7 Å². The van der Waals surface area contributed by atoms with Crippen LogP contribution in [0.25, 0.3) is 0 Å². The zero-order valence-electron chi connectivity index (χ0n) is 11.6.